The first-order valence-corrected chi connectivity index (χ1v) is 10.3. The topological polar surface area (TPSA) is 79.7 Å². The van der Waals surface area contributed by atoms with Gasteiger partial charge in [-0.25, -0.2) is 9.67 Å². The maximum atomic E-state index is 13.1. The Labute approximate surface area is 174 Å². The van der Waals surface area contributed by atoms with Crippen LogP contribution in [0.1, 0.15) is 46.3 Å². The van der Waals surface area contributed by atoms with Crippen LogP contribution >= 0.6 is 0 Å². The molecule has 0 bridgehead atoms. The maximum Gasteiger partial charge on any atom is 0.276 e. The zero-order valence-electron chi connectivity index (χ0n) is 17.2. The van der Waals surface area contributed by atoms with E-state index in [4.69, 9.17) is 4.98 Å². The molecule has 1 saturated heterocycles. The van der Waals surface area contributed by atoms with Gasteiger partial charge in [0.05, 0.1) is 22.4 Å². The summed E-state index contributed by atoms with van der Waals surface area (Å²) in [5.41, 5.74) is 5.35. The van der Waals surface area contributed by atoms with Crippen molar-refractivity contribution in [3.8, 4) is 5.69 Å². The number of fused-ring (bicyclic) bond motifs is 1. The molecule has 0 unspecified atom stereocenters. The summed E-state index contributed by atoms with van der Waals surface area (Å²) in [5, 5.41) is 8.42. The fourth-order valence-corrected chi connectivity index (χ4v) is 4.13. The lowest BCUT2D eigenvalue weighted by atomic mass is 9.96. The second-order valence-electron chi connectivity index (χ2n) is 7.98. The number of carbonyl (C=O) groups is 1. The van der Waals surface area contributed by atoms with Gasteiger partial charge in [-0.05, 0) is 51.0 Å². The van der Waals surface area contributed by atoms with Crippen molar-refractivity contribution in [2.75, 3.05) is 13.1 Å². The standard InChI is InChI=1S/C23H24N6O/c1-15-7-9-18(10-8-15)29-16(2)21(26-27-29)23(30)28-13-11-17(12-14-28)22-24-19-5-3-4-6-20(19)25-22/h3-10,17H,11-14H2,1-2H3,(H,24,25). The molecule has 0 spiro atoms. The van der Waals surface area contributed by atoms with Gasteiger partial charge < -0.3 is 9.88 Å². The first-order valence-electron chi connectivity index (χ1n) is 10.3. The molecule has 1 fully saturated rings. The number of nitrogens with one attached hydrogen (secondary N) is 1. The SMILES string of the molecule is Cc1ccc(-n2nnc(C(=O)N3CCC(c4nc5ccccc5[nH]4)CC3)c2C)cc1. The lowest BCUT2D eigenvalue weighted by Gasteiger charge is -2.30. The number of benzene rings is 2. The Kier molecular flexibility index (Phi) is 4.58. The highest BCUT2D eigenvalue weighted by Gasteiger charge is 2.29. The Bertz CT molecular complexity index is 1170. The van der Waals surface area contributed by atoms with Gasteiger partial charge in [0, 0.05) is 19.0 Å². The summed E-state index contributed by atoms with van der Waals surface area (Å²) in [7, 11) is 0. The lowest BCUT2D eigenvalue weighted by molar-refractivity contribution is 0.0704. The average Bonchev–Trinajstić information content (AvgIpc) is 3.38. The first kappa shape index (κ1) is 18.5. The van der Waals surface area contributed by atoms with Gasteiger partial charge in [-0.2, -0.15) is 0 Å². The number of piperidine rings is 1. The highest BCUT2D eigenvalue weighted by atomic mass is 16.2. The van der Waals surface area contributed by atoms with Gasteiger partial charge in [-0.3, -0.25) is 4.79 Å². The molecule has 3 heterocycles. The van der Waals surface area contributed by atoms with E-state index >= 15 is 0 Å². The summed E-state index contributed by atoms with van der Waals surface area (Å²) in [6, 6.07) is 16.1. The third kappa shape index (κ3) is 3.26. The number of nitrogens with zero attached hydrogens (tertiary/aromatic N) is 5. The molecule has 2 aromatic carbocycles. The molecule has 0 radical (unpaired) electrons. The maximum absolute atomic E-state index is 13.1. The van der Waals surface area contributed by atoms with Gasteiger partial charge in [0.15, 0.2) is 5.69 Å². The van der Waals surface area contributed by atoms with E-state index in [0.717, 1.165) is 41.1 Å². The molecule has 7 nitrogen and oxygen atoms in total. The van der Waals surface area contributed by atoms with E-state index in [1.807, 2.05) is 67.3 Å². The smallest absolute Gasteiger partial charge is 0.276 e. The van der Waals surface area contributed by atoms with E-state index in [0.29, 0.717) is 24.7 Å². The molecule has 1 N–H and O–H groups in total. The minimum Gasteiger partial charge on any atom is -0.342 e. The average molecular weight is 400 g/mol. The number of hydrogen-bond donors (Lipinski definition) is 1. The van der Waals surface area contributed by atoms with E-state index in [2.05, 4.69) is 15.3 Å². The fraction of sp³-hybridized carbons (Fsp3) is 0.304. The molecule has 0 saturated carbocycles. The number of para-hydroxylation sites is 2. The van der Waals surface area contributed by atoms with Crippen LogP contribution in [0, 0.1) is 13.8 Å². The number of carbonyl (C=O) groups excluding carboxylic acids is 1. The molecule has 1 aliphatic rings. The second kappa shape index (κ2) is 7.40. The molecule has 2 aromatic heterocycles. The zero-order chi connectivity index (χ0) is 20.7. The van der Waals surface area contributed by atoms with Crippen molar-refractivity contribution >= 4 is 16.9 Å². The van der Waals surface area contributed by atoms with Gasteiger partial charge in [-0.15, -0.1) is 5.10 Å². The largest absolute Gasteiger partial charge is 0.342 e. The van der Waals surface area contributed by atoms with E-state index in [1.54, 1.807) is 4.68 Å². The third-order valence-corrected chi connectivity index (χ3v) is 5.95. The van der Waals surface area contributed by atoms with Crippen molar-refractivity contribution in [2.24, 2.45) is 0 Å². The summed E-state index contributed by atoms with van der Waals surface area (Å²) < 4.78 is 1.73. The predicted molar refractivity (Wildman–Crippen MR) is 115 cm³/mol. The number of amides is 1. The van der Waals surface area contributed by atoms with E-state index in [-0.39, 0.29) is 5.91 Å². The first-order chi connectivity index (χ1) is 14.6. The van der Waals surface area contributed by atoms with Crippen LogP contribution in [0.25, 0.3) is 16.7 Å². The summed E-state index contributed by atoms with van der Waals surface area (Å²) in [5.74, 6) is 1.31. The van der Waals surface area contributed by atoms with E-state index in [9.17, 15) is 4.79 Å². The Hall–Kier alpha value is -3.48. The van der Waals surface area contributed by atoms with Crippen LogP contribution in [-0.4, -0.2) is 48.9 Å². The number of aromatic nitrogens is 5. The Balaban J connectivity index is 1.29. The van der Waals surface area contributed by atoms with Gasteiger partial charge in [0.25, 0.3) is 5.91 Å². The lowest BCUT2D eigenvalue weighted by Crippen LogP contribution is -2.38. The van der Waals surface area contributed by atoms with Crippen LogP contribution in [0.2, 0.25) is 0 Å². The molecule has 152 valence electrons. The highest BCUT2D eigenvalue weighted by Crippen LogP contribution is 2.28. The number of aryl methyl sites for hydroxylation is 1. The minimum atomic E-state index is -0.0473. The minimum absolute atomic E-state index is 0.0473. The summed E-state index contributed by atoms with van der Waals surface area (Å²) in [4.78, 5) is 23.1. The number of rotatable bonds is 3. The Morgan fingerprint density at radius 3 is 2.50 bits per heavy atom. The monoisotopic (exact) mass is 400 g/mol. The summed E-state index contributed by atoms with van der Waals surface area (Å²) in [6.45, 7) is 5.32. The number of aromatic amines is 1. The van der Waals surface area contributed by atoms with Crippen LogP contribution in [0.15, 0.2) is 48.5 Å². The molecule has 5 rings (SSSR count). The normalized spacial score (nSPS) is 15.1. The molecule has 0 aliphatic carbocycles. The van der Waals surface area contributed by atoms with Gasteiger partial charge in [0.2, 0.25) is 0 Å². The Morgan fingerprint density at radius 2 is 1.77 bits per heavy atom. The van der Waals surface area contributed by atoms with E-state index in [1.165, 1.54) is 5.56 Å². The van der Waals surface area contributed by atoms with Gasteiger partial charge >= 0.3 is 0 Å². The molecule has 0 atom stereocenters. The molecule has 7 heteroatoms. The number of hydrogen-bond acceptors (Lipinski definition) is 4. The molecule has 1 amide bonds. The molecule has 1 aliphatic heterocycles. The molecular formula is C23H24N6O. The van der Waals surface area contributed by atoms with Crippen molar-refractivity contribution in [3.05, 3.63) is 71.3 Å². The molecule has 30 heavy (non-hydrogen) atoms. The quantitative estimate of drug-likeness (QED) is 0.568. The van der Waals surface area contributed by atoms with Crippen LogP contribution < -0.4 is 0 Å². The second-order valence-corrected chi connectivity index (χ2v) is 7.98. The highest BCUT2D eigenvalue weighted by molar-refractivity contribution is 5.93. The summed E-state index contributed by atoms with van der Waals surface area (Å²) >= 11 is 0. The van der Waals surface area contributed by atoms with Crippen molar-refractivity contribution in [3.63, 3.8) is 0 Å². The number of imidazole rings is 1. The Morgan fingerprint density at radius 1 is 1.03 bits per heavy atom. The molecule has 4 aromatic rings. The molecular weight excluding hydrogens is 376 g/mol. The van der Waals surface area contributed by atoms with E-state index < -0.39 is 0 Å². The van der Waals surface area contributed by atoms with Crippen molar-refractivity contribution in [2.45, 2.75) is 32.6 Å². The fourth-order valence-electron chi connectivity index (χ4n) is 4.13. The van der Waals surface area contributed by atoms with Crippen molar-refractivity contribution in [1.82, 2.24) is 29.9 Å². The number of H-pyrrole nitrogens is 1. The van der Waals surface area contributed by atoms with Crippen molar-refractivity contribution < 1.29 is 4.79 Å². The number of likely N-dealkylation sites (tertiary alicyclic amines) is 1. The van der Waals surface area contributed by atoms with Gasteiger partial charge in [0.1, 0.15) is 5.82 Å². The zero-order valence-corrected chi connectivity index (χ0v) is 17.2. The predicted octanol–water partition coefficient (Wildman–Crippen LogP) is 3.78. The summed E-state index contributed by atoms with van der Waals surface area (Å²) in [6.07, 6.45) is 1.77. The van der Waals surface area contributed by atoms with Crippen LogP contribution in [0.3, 0.4) is 0 Å². The van der Waals surface area contributed by atoms with Crippen molar-refractivity contribution in [1.29, 1.82) is 0 Å². The van der Waals surface area contributed by atoms with Crippen LogP contribution in [0.4, 0.5) is 0 Å². The third-order valence-electron chi connectivity index (χ3n) is 5.95. The van der Waals surface area contributed by atoms with Crippen LogP contribution in [0.5, 0.6) is 0 Å². The van der Waals surface area contributed by atoms with Gasteiger partial charge in [-0.1, -0.05) is 35.0 Å². The van der Waals surface area contributed by atoms with Crippen LogP contribution in [-0.2, 0) is 0 Å².